The minimum atomic E-state index is -1.04. The third-order valence-electron chi connectivity index (χ3n) is 6.42. The van der Waals surface area contributed by atoms with E-state index in [9.17, 15) is 19.1 Å². The van der Waals surface area contributed by atoms with Gasteiger partial charge in [0.25, 0.3) is 5.78 Å². The molecule has 2 atom stereocenters. The quantitative estimate of drug-likeness (QED) is 0.173. The lowest BCUT2D eigenvalue weighted by molar-refractivity contribution is -0.132. The van der Waals surface area contributed by atoms with Crippen molar-refractivity contribution in [1.29, 1.82) is 0 Å². The number of rotatable bonds is 3. The predicted molar refractivity (Wildman–Crippen MR) is 141 cm³/mol. The Morgan fingerprint density at radius 3 is 2.70 bits per heavy atom. The number of hydrogen-bond acceptors (Lipinski definition) is 6. The Kier molecular flexibility index (Phi) is 5.71. The van der Waals surface area contributed by atoms with E-state index in [1.165, 1.54) is 23.1 Å². The SMILES string of the molecule is CC1Cc2cc(C(O)=C3C(=O)C(=O)N(c4nc5ccc(F)cc5s4)C3c3ccc(Cl)c(Cl)c3)ccc2O1. The second-order valence-electron chi connectivity index (χ2n) is 8.91. The number of carbonyl (C=O) groups is 2. The number of carbonyl (C=O) groups excluding carboxylic acids is 2. The van der Waals surface area contributed by atoms with E-state index in [0.29, 0.717) is 38.5 Å². The van der Waals surface area contributed by atoms with Crippen LogP contribution >= 0.6 is 34.5 Å². The van der Waals surface area contributed by atoms with Crippen molar-refractivity contribution in [2.45, 2.75) is 25.5 Å². The molecule has 2 unspecified atom stereocenters. The summed E-state index contributed by atoms with van der Waals surface area (Å²) in [6.07, 6.45) is 0.654. The third kappa shape index (κ3) is 3.96. The fourth-order valence-corrected chi connectivity index (χ4v) is 6.07. The Morgan fingerprint density at radius 2 is 1.92 bits per heavy atom. The van der Waals surface area contributed by atoms with Crippen LogP contribution in [-0.4, -0.2) is 27.9 Å². The van der Waals surface area contributed by atoms with E-state index in [2.05, 4.69) is 4.98 Å². The van der Waals surface area contributed by atoms with Gasteiger partial charge in [-0.25, -0.2) is 9.37 Å². The number of anilines is 1. The molecule has 186 valence electrons. The smallest absolute Gasteiger partial charge is 0.301 e. The molecule has 0 spiro atoms. The highest BCUT2D eigenvalue weighted by Crippen LogP contribution is 2.45. The van der Waals surface area contributed by atoms with Gasteiger partial charge in [0.2, 0.25) is 0 Å². The van der Waals surface area contributed by atoms with Gasteiger partial charge in [-0.15, -0.1) is 0 Å². The second kappa shape index (κ2) is 8.83. The maximum absolute atomic E-state index is 13.8. The molecule has 0 bridgehead atoms. The zero-order chi connectivity index (χ0) is 26.0. The molecule has 1 amide bonds. The van der Waals surface area contributed by atoms with E-state index < -0.39 is 23.5 Å². The first kappa shape index (κ1) is 23.9. The van der Waals surface area contributed by atoms with E-state index in [1.54, 1.807) is 36.4 Å². The van der Waals surface area contributed by atoms with Crippen LogP contribution in [0.1, 0.15) is 29.7 Å². The normalized spacial score (nSPS) is 20.5. The summed E-state index contributed by atoms with van der Waals surface area (Å²) in [5.74, 6) is -1.79. The molecule has 37 heavy (non-hydrogen) atoms. The lowest BCUT2D eigenvalue weighted by Gasteiger charge is -2.23. The van der Waals surface area contributed by atoms with E-state index in [-0.39, 0.29) is 27.6 Å². The minimum Gasteiger partial charge on any atom is -0.507 e. The molecule has 0 aliphatic carbocycles. The number of ether oxygens (including phenoxy) is 1. The maximum atomic E-state index is 13.8. The van der Waals surface area contributed by atoms with Crippen molar-refractivity contribution in [3.63, 3.8) is 0 Å². The summed E-state index contributed by atoms with van der Waals surface area (Å²) in [6.45, 7) is 1.94. The fraction of sp³-hybridized carbons (Fsp3) is 0.148. The van der Waals surface area contributed by atoms with Gasteiger partial charge in [-0.05, 0) is 66.6 Å². The molecule has 10 heteroatoms. The standard InChI is InChI=1S/C27H17Cl2FN2O4S/c1-12-8-15-9-14(3-7-20(15)36-12)24(33)22-23(13-2-5-17(28)18(29)10-13)32(26(35)25(22)34)27-31-19-6-4-16(30)11-21(19)37-27/h2-7,9-12,23,33H,8H2,1H3. The van der Waals surface area contributed by atoms with Crippen LogP contribution in [0.25, 0.3) is 16.0 Å². The number of aliphatic hydroxyl groups is 1. The fourth-order valence-electron chi connectivity index (χ4n) is 4.74. The van der Waals surface area contributed by atoms with Crippen molar-refractivity contribution >= 4 is 67.3 Å². The molecule has 6 nitrogen and oxygen atoms in total. The minimum absolute atomic E-state index is 0.00180. The Balaban J connectivity index is 1.55. The molecule has 6 rings (SSSR count). The van der Waals surface area contributed by atoms with Crippen molar-refractivity contribution in [2.75, 3.05) is 4.90 Å². The predicted octanol–water partition coefficient (Wildman–Crippen LogP) is 6.69. The number of nitrogens with zero attached hydrogens (tertiary/aromatic N) is 2. The summed E-state index contributed by atoms with van der Waals surface area (Å²) in [4.78, 5) is 32.5. The zero-order valence-electron chi connectivity index (χ0n) is 19.2. The number of thiazole rings is 1. The van der Waals surface area contributed by atoms with Crippen LogP contribution in [0.15, 0.2) is 60.2 Å². The molecule has 2 aliphatic rings. The van der Waals surface area contributed by atoms with E-state index in [0.717, 1.165) is 16.9 Å². The summed E-state index contributed by atoms with van der Waals surface area (Å²) in [7, 11) is 0. The molecule has 1 saturated heterocycles. The summed E-state index contributed by atoms with van der Waals surface area (Å²) in [6, 6.07) is 12.9. The van der Waals surface area contributed by atoms with Gasteiger partial charge in [-0.1, -0.05) is 40.6 Å². The highest BCUT2D eigenvalue weighted by atomic mass is 35.5. The van der Waals surface area contributed by atoms with E-state index in [4.69, 9.17) is 27.9 Å². The highest BCUT2D eigenvalue weighted by Gasteiger charge is 2.48. The van der Waals surface area contributed by atoms with Gasteiger partial charge >= 0.3 is 5.91 Å². The molecule has 1 aromatic heterocycles. The van der Waals surface area contributed by atoms with Crippen LogP contribution in [-0.2, 0) is 16.0 Å². The van der Waals surface area contributed by atoms with Gasteiger partial charge < -0.3 is 9.84 Å². The molecule has 2 aliphatic heterocycles. The Labute approximate surface area is 224 Å². The summed E-state index contributed by atoms with van der Waals surface area (Å²) in [5, 5.41) is 12.1. The lowest BCUT2D eigenvalue weighted by atomic mass is 9.94. The number of hydrogen-bond donors (Lipinski definition) is 1. The first-order chi connectivity index (χ1) is 17.7. The highest BCUT2D eigenvalue weighted by molar-refractivity contribution is 7.22. The molecule has 1 N–H and O–H groups in total. The van der Waals surface area contributed by atoms with Crippen molar-refractivity contribution in [3.8, 4) is 5.75 Å². The second-order valence-corrected chi connectivity index (χ2v) is 10.7. The van der Waals surface area contributed by atoms with Crippen LogP contribution in [0, 0.1) is 5.82 Å². The van der Waals surface area contributed by atoms with Crippen molar-refractivity contribution in [3.05, 3.63) is 92.7 Å². The van der Waals surface area contributed by atoms with Gasteiger partial charge in [0.1, 0.15) is 23.4 Å². The lowest BCUT2D eigenvalue weighted by Crippen LogP contribution is -2.29. The largest absolute Gasteiger partial charge is 0.507 e. The van der Waals surface area contributed by atoms with E-state index in [1.807, 2.05) is 6.92 Å². The molecular formula is C27H17Cl2FN2O4S. The van der Waals surface area contributed by atoms with Crippen LogP contribution in [0.5, 0.6) is 5.75 Å². The van der Waals surface area contributed by atoms with Crippen LogP contribution < -0.4 is 9.64 Å². The number of ketones is 1. The third-order valence-corrected chi connectivity index (χ3v) is 8.18. The summed E-state index contributed by atoms with van der Waals surface area (Å²) >= 11 is 13.5. The number of aromatic nitrogens is 1. The van der Waals surface area contributed by atoms with Gasteiger partial charge in [-0.2, -0.15) is 0 Å². The van der Waals surface area contributed by atoms with Gasteiger partial charge in [-0.3, -0.25) is 14.5 Å². The van der Waals surface area contributed by atoms with Crippen LogP contribution in [0.4, 0.5) is 9.52 Å². The number of halogens is 3. The number of aliphatic hydroxyl groups excluding tert-OH is 1. The topological polar surface area (TPSA) is 79.7 Å². The van der Waals surface area contributed by atoms with Gasteiger partial charge in [0.05, 0.1) is 31.9 Å². The van der Waals surface area contributed by atoms with E-state index >= 15 is 0 Å². The molecule has 4 aromatic rings. The average molecular weight is 555 g/mol. The zero-order valence-corrected chi connectivity index (χ0v) is 21.5. The molecule has 3 heterocycles. The molecule has 1 fully saturated rings. The van der Waals surface area contributed by atoms with Gasteiger partial charge in [0.15, 0.2) is 5.13 Å². The summed E-state index contributed by atoms with van der Waals surface area (Å²) < 4.78 is 20.1. The van der Waals surface area contributed by atoms with Crippen LogP contribution in [0.2, 0.25) is 10.0 Å². The maximum Gasteiger partial charge on any atom is 0.301 e. The number of Topliss-reactive ketones (excluding diaryl/α,β-unsaturated/α-hetero) is 1. The Bertz CT molecular complexity index is 1670. The Hall–Kier alpha value is -3.46. The van der Waals surface area contributed by atoms with Crippen molar-refractivity contribution in [1.82, 2.24) is 4.98 Å². The Morgan fingerprint density at radius 1 is 1.11 bits per heavy atom. The van der Waals surface area contributed by atoms with Crippen molar-refractivity contribution in [2.24, 2.45) is 0 Å². The first-order valence-corrected chi connectivity index (χ1v) is 12.9. The average Bonchev–Trinajstić information content (AvgIpc) is 3.52. The first-order valence-electron chi connectivity index (χ1n) is 11.3. The summed E-state index contributed by atoms with van der Waals surface area (Å²) in [5.41, 5.74) is 2.10. The molecule has 3 aromatic carbocycles. The monoisotopic (exact) mass is 554 g/mol. The van der Waals surface area contributed by atoms with Crippen LogP contribution in [0.3, 0.4) is 0 Å². The van der Waals surface area contributed by atoms with Crippen molar-refractivity contribution < 1.29 is 23.8 Å². The molecular weight excluding hydrogens is 538 g/mol. The molecule has 0 radical (unpaired) electrons. The number of amides is 1. The number of fused-ring (bicyclic) bond motifs is 2. The number of benzene rings is 3. The molecule has 0 saturated carbocycles. The van der Waals surface area contributed by atoms with Gasteiger partial charge in [0, 0.05) is 12.0 Å².